The Morgan fingerprint density at radius 1 is 1.29 bits per heavy atom. The predicted molar refractivity (Wildman–Crippen MR) is 80.2 cm³/mol. The SMILES string of the molecule is O=c1[nH]c2cc(CNS(=O)(=O)c3ccc(Cl)s3)ccc2o1. The maximum atomic E-state index is 12.1. The molecular formula is C12H9ClN2O4S2. The summed E-state index contributed by atoms with van der Waals surface area (Å²) in [5.74, 6) is -0.545. The van der Waals surface area contributed by atoms with Gasteiger partial charge in [0.2, 0.25) is 10.0 Å². The van der Waals surface area contributed by atoms with Crippen molar-refractivity contribution in [2.75, 3.05) is 0 Å². The third kappa shape index (κ3) is 3.03. The fourth-order valence-electron chi connectivity index (χ4n) is 1.80. The molecule has 6 nitrogen and oxygen atoms in total. The highest BCUT2D eigenvalue weighted by atomic mass is 35.5. The minimum absolute atomic E-state index is 0.0982. The molecule has 110 valence electrons. The first-order valence-electron chi connectivity index (χ1n) is 5.81. The quantitative estimate of drug-likeness (QED) is 0.759. The molecule has 9 heteroatoms. The van der Waals surface area contributed by atoms with Crippen LogP contribution in [-0.4, -0.2) is 13.4 Å². The van der Waals surface area contributed by atoms with Crippen LogP contribution >= 0.6 is 22.9 Å². The van der Waals surface area contributed by atoms with Crippen LogP contribution < -0.4 is 10.5 Å². The van der Waals surface area contributed by atoms with Crippen LogP contribution in [0.3, 0.4) is 0 Å². The summed E-state index contributed by atoms with van der Waals surface area (Å²) in [7, 11) is -3.60. The van der Waals surface area contributed by atoms with Crippen LogP contribution in [0.5, 0.6) is 0 Å². The van der Waals surface area contributed by atoms with Crippen LogP contribution in [0, 0.1) is 0 Å². The van der Waals surface area contributed by atoms with Gasteiger partial charge in [-0.2, -0.15) is 0 Å². The van der Waals surface area contributed by atoms with Crippen molar-refractivity contribution in [1.29, 1.82) is 0 Å². The van der Waals surface area contributed by atoms with Crippen LogP contribution in [0.2, 0.25) is 4.34 Å². The highest BCUT2D eigenvalue weighted by molar-refractivity contribution is 7.91. The van der Waals surface area contributed by atoms with E-state index in [0.717, 1.165) is 11.3 Å². The number of hydrogen-bond donors (Lipinski definition) is 2. The minimum Gasteiger partial charge on any atom is -0.408 e. The third-order valence-electron chi connectivity index (χ3n) is 2.76. The molecule has 0 atom stereocenters. The van der Waals surface area contributed by atoms with E-state index < -0.39 is 15.8 Å². The van der Waals surface area contributed by atoms with Gasteiger partial charge in [0.25, 0.3) is 0 Å². The molecule has 0 bridgehead atoms. The molecule has 0 aliphatic carbocycles. The Bertz CT molecular complexity index is 955. The van der Waals surface area contributed by atoms with Gasteiger partial charge >= 0.3 is 5.76 Å². The third-order valence-corrected chi connectivity index (χ3v) is 5.89. The van der Waals surface area contributed by atoms with Gasteiger partial charge in [0.1, 0.15) is 4.21 Å². The second-order valence-corrected chi connectivity index (χ2v) is 7.94. The van der Waals surface area contributed by atoms with Crippen molar-refractivity contribution in [3.63, 3.8) is 0 Å². The normalized spacial score (nSPS) is 12.0. The summed E-state index contributed by atoms with van der Waals surface area (Å²) in [4.78, 5) is 13.6. The summed E-state index contributed by atoms with van der Waals surface area (Å²) < 4.78 is 32.0. The summed E-state index contributed by atoms with van der Waals surface area (Å²) in [5.41, 5.74) is 1.65. The van der Waals surface area contributed by atoms with E-state index in [1.807, 2.05) is 0 Å². The van der Waals surface area contributed by atoms with E-state index in [0.29, 0.717) is 21.0 Å². The lowest BCUT2D eigenvalue weighted by molar-refractivity contribution is 0.555. The van der Waals surface area contributed by atoms with Crippen LogP contribution in [0.25, 0.3) is 11.1 Å². The molecule has 3 aromatic rings. The average molecular weight is 345 g/mol. The number of fused-ring (bicyclic) bond motifs is 1. The number of oxazole rings is 1. The zero-order valence-electron chi connectivity index (χ0n) is 10.4. The second-order valence-electron chi connectivity index (χ2n) is 4.23. The van der Waals surface area contributed by atoms with Crippen LogP contribution in [0.1, 0.15) is 5.56 Å². The Morgan fingerprint density at radius 3 is 2.81 bits per heavy atom. The van der Waals surface area contributed by atoms with E-state index in [-0.39, 0.29) is 10.8 Å². The molecule has 0 aliphatic heterocycles. The lowest BCUT2D eigenvalue weighted by atomic mass is 10.2. The molecule has 0 aliphatic rings. The Kier molecular flexibility index (Phi) is 3.62. The summed E-state index contributed by atoms with van der Waals surface area (Å²) >= 11 is 6.72. The molecule has 0 amide bonds. The van der Waals surface area contributed by atoms with Gasteiger partial charge in [-0.15, -0.1) is 11.3 Å². The Hall–Kier alpha value is -1.61. The van der Waals surface area contributed by atoms with Gasteiger partial charge in [0.05, 0.1) is 9.85 Å². The average Bonchev–Trinajstić information content (AvgIpc) is 3.01. The molecule has 0 saturated heterocycles. The minimum atomic E-state index is -3.60. The summed E-state index contributed by atoms with van der Waals surface area (Å²) in [6.45, 7) is 0.0982. The largest absolute Gasteiger partial charge is 0.417 e. The van der Waals surface area contributed by atoms with Gasteiger partial charge in [-0.05, 0) is 29.8 Å². The van der Waals surface area contributed by atoms with Crippen molar-refractivity contribution in [2.24, 2.45) is 0 Å². The number of thiophene rings is 1. The zero-order chi connectivity index (χ0) is 15.0. The summed E-state index contributed by atoms with van der Waals surface area (Å²) in [6, 6.07) is 7.93. The van der Waals surface area contributed by atoms with Crippen LogP contribution in [0.15, 0.2) is 43.8 Å². The molecule has 0 spiro atoms. The van der Waals surface area contributed by atoms with Gasteiger partial charge in [-0.25, -0.2) is 17.9 Å². The van der Waals surface area contributed by atoms with Gasteiger partial charge in [0.15, 0.2) is 5.58 Å². The summed E-state index contributed by atoms with van der Waals surface area (Å²) in [6.07, 6.45) is 0. The van der Waals surface area contributed by atoms with Crippen LogP contribution in [0.4, 0.5) is 0 Å². The van der Waals surface area contributed by atoms with Crippen molar-refractivity contribution >= 4 is 44.1 Å². The number of hydrogen-bond acceptors (Lipinski definition) is 5. The number of aromatic nitrogens is 1. The molecule has 1 aromatic carbocycles. The van der Waals surface area contributed by atoms with Crippen molar-refractivity contribution in [3.8, 4) is 0 Å². The number of rotatable bonds is 4. The van der Waals surface area contributed by atoms with Gasteiger partial charge in [0, 0.05) is 6.54 Å². The number of sulfonamides is 1. The molecule has 0 fully saturated rings. The first kappa shape index (κ1) is 14.3. The van der Waals surface area contributed by atoms with E-state index in [2.05, 4.69) is 9.71 Å². The maximum absolute atomic E-state index is 12.1. The van der Waals surface area contributed by atoms with Crippen molar-refractivity contribution in [2.45, 2.75) is 10.8 Å². The molecular weight excluding hydrogens is 336 g/mol. The zero-order valence-corrected chi connectivity index (χ0v) is 12.8. The smallest absolute Gasteiger partial charge is 0.408 e. The van der Waals surface area contributed by atoms with Crippen LogP contribution in [-0.2, 0) is 16.6 Å². The maximum Gasteiger partial charge on any atom is 0.417 e. The lowest BCUT2D eigenvalue weighted by Crippen LogP contribution is -2.22. The van der Waals surface area contributed by atoms with Crippen molar-refractivity contribution < 1.29 is 12.8 Å². The van der Waals surface area contributed by atoms with Gasteiger partial charge in [-0.1, -0.05) is 17.7 Å². The first-order valence-corrected chi connectivity index (χ1v) is 8.48. The van der Waals surface area contributed by atoms with E-state index in [9.17, 15) is 13.2 Å². The molecule has 21 heavy (non-hydrogen) atoms. The summed E-state index contributed by atoms with van der Waals surface area (Å²) in [5, 5.41) is 0. The number of nitrogens with one attached hydrogen (secondary N) is 2. The van der Waals surface area contributed by atoms with E-state index in [1.165, 1.54) is 12.1 Å². The Morgan fingerprint density at radius 2 is 2.10 bits per heavy atom. The fourth-order valence-corrected chi connectivity index (χ4v) is 4.35. The van der Waals surface area contributed by atoms with Gasteiger partial charge < -0.3 is 4.42 Å². The number of benzene rings is 1. The molecule has 2 aromatic heterocycles. The van der Waals surface area contributed by atoms with Gasteiger partial charge in [-0.3, -0.25) is 4.98 Å². The van der Waals surface area contributed by atoms with E-state index >= 15 is 0 Å². The van der Waals surface area contributed by atoms with Crippen molar-refractivity contribution in [3.05, 3.63) is 50.8 Å². The second kappa shape index (κ2) is 5.30. The Labute approximate surface area is 128 Å². The number of H-pyrrole nitrogens is 1. The molecule has 0 saturated carbocycles. The standard InChI is InChI=1S/C12H9ClN2O4S2/c13-10-3-4-11(20-10)21(17,18)14-6-7-1-2-9-8(5-7)15-12(16)19-9/h1-5,14H,6H2,(H,15,16). The first-order chi connectivity index (χ1) is 9.94. The molecule has 0 unspecified atom stereocenters. The topological polar surface area (TPSA) is 92.2 Å². The molecule has 3 rings (SSSR count). The Balaban J connectivity index is 1.81. The predicted octanol–water partition coefficient (Wildman–Crippen LogP) is 2.31. The van der Waals surface area contributed by atoms with Crippen molar-refractivity contribution in [1.82, 2.24) is 9.71 Å². The molecule has 2 heterocycles. The highest BCUT2D eigenvalue weighted by Crippen LogP contribution is 2.25. The van der Waals surface area contributed by atoms with E-state index in [1.54, 1.807) is 18.2 Å². The van der Waals surface area contributed by atoms with E-state index in [4.69, 9.17) is 16.0 Å². The number of halogens is 1. The fraction of sp³-hybridized carbons (Fsp3) is 0.0833. The monoisotopic (exact) mass is 344 g/mol. The molecule has 2 N–H and O–H groups in total. The highest BCUT2D eigenvalue weighted by Gasteiger charge is 2.16. The molecule has 0 radical (unpaired) electrons. The number of aromatic amines is 1. The lowest BCUT2D eigenvalue weighted by Gasteiger charge is -2.04.